The molecule has 0 bridgehead atoms. The number of rotatable bonds is 9. The highest BCUT2D eigenvalue weighted by atomic mass is 16.1. The van der Waals surface area contributed by atoms with Crippen molar-refractivity contribution in [3.63, 3.8) is 0 Å². The molecule has 0 aliphatic rings. The minimum atomic E-state index is -0.0882. The molecule has 1 rings (SSSR count). The van der Waals surface area contributed by atoms with Gasteiger partial charge in [0.1, 0.15) is 11.5 Å². The van der Waals surface area contributed by atoms with Crippen LogP contribution in [0.25, 0.3) is 0 Å². The Hall–Kier alpha value is -1.58. The topological polar surface area (TPSA) is 54.0 Å². The van der Waals surface area contributed by atoms with Crippen molar-refractivity contribution in [2.75, 3.05) is 18.4 Å². The van der Waals surface area contributed by atoms with E-state index in [4.69, 9.17) is 0 Å². The molecule has 0 radical (unpaired) electrons. The standard InChI is InChI=1S/C16H27N3O/c1-4-11-17-15-10-7-9-14(19-15)16(20)18-12-6-5-8-13(2)3/h7,9-10,13H,4-6,8,11-12H2,1-3H3,(H,17,19)(H,18,20). The maximum Gasteiger partial charge on any atom is 0.269 e. The second kappa shape index (κ2) is 9.34. The van der Waals surface area contributed by atoms with Crippen molar-refractivity contribution < 1.29 is 4.79 Å². The van der Waals surface area contributed by atoms with Gasteiger partial charge in [0, 0.05) is 13.1 Å². The molecule has 0 aliphatic carbocycles. The first kappa shape index (κ1) is 16.5. The van der Waals surface area contributed by atoms with E-state index >= 15 is 0 Å². The van der Waals surface area contributed by atoms with Gasteiger partial charge in [0.05, 0.1) is 0 Å². The van der Waals surface area contributed by atoms with Crippen molar-refractivity contribution in [2.45, 2.75) is 46.5 Å². The highest BCUT2D eigenvalue weighted by Crippen LogP contribution is 2.06. The van der Waals surface area contributed by atoms with Crippen LogP contribution in [-0.4, -0.2) is 24.0 Å². The minimum Gasteiger partial charge on any atom is -0.370 e. The summed E-state index contributed by atoms with van der Waals surface area (Å²) < 4.78 is 0. The van der Waals surface area contributed by atoms with Crippen LogP contribution in [0.4, 0.5) is 5.82 Å². The largest absolute Gasteiger partial charge is 0.370 e. The van der Waals surface area contributed by atoms with E-state index in [1.165, 1.54) is 6.42 Å². The highest BCUT2D eigenvalue weighted by molar-refractivity contribution is 5.92. The zero-order valence-electron chi connectivity index (χ0n) is 12.9. The van der Waals surface area contributed by atoms with Crippen molar-refractivity contribution in [3.05, 3.63) is 23.9 Å². The van der Waals surface area contributed by atoms with Gasteiger partial charge in [-0.15, -0.1) is 0 Å². The maximum absolute atomic E-state index is 12.0. The van der Waals surface area contributed by atoms with Gasteiger partial charge in [-0.25, -0.2) is 4.98 Å². The molecule has 0 saturated heterocycles. The third-order valence-electron chi connectivity index (χ3n) is 3.03. The molecule has 20 heavy (non-hydrogen) atoms. The third kappa shape index (κ3) is 6.55. The molecule has 1 aromatic rings. The number of unbranched alkanes of at least 4 members (excludes halogenated alkanes) is 1. The van der Waals surface area contributed by atoms with Crippen LogP contribution >= 0.6 is 0 Å². The summed E-state index contributed by atoms with van der Waals surface area (Å²) in [5, 5.41) is 6.11. The fourth-order valence-electron chi connectivity index (χ4n) is 1.88. The molecule has 0 saturated carbocycles. The first-order valence-electron chi connectivity index (χ1n) is 7.62. The van der Waals surface area contributed by atoms with Gasteiger partial charge in [-0.2, -0.15) is 0 Å². The number of anilines is 1. The van der Waals surface area contributed by atoms with Crippen molar-refractivity contribution in [2.24, 2.45) is 5.92 Å². The molecule has 0 aromatic carbocycles. The Bertz CT molecular complexity index is 404. The fraction of sp³-hybridized carbons (Fsp3) is 0.625. The van der Waals surface area contributed by atoms with Crippen molar-refractivity contribution >= 4 is 11.7 Å². The molecular formula is C16H27N3O. The van der Waals surface area contributed by atoms with Gasteiger partial charge in [-0.05, 0) is 30.9 Å². The molecule has 2 N–H and O–H groups in total. The van der Waals surface area contributed by atoms with E-state index < -0.39 is 0 Å². The normalized spacial score (nSPS) is 10.6. The zero-order valence-corrected chi connectivity index (χ0v) is 12.9. The number of nitrogens with one attached hydrogen (secondary N) is 2. The third-order valence-corrected chi connectivity index (χ3v) is 3.03. The number of aromatic nitrogens is 1. The number of nitrogens with zero attached hydrogens (tertiary/aromatic N) is 1. The molecule has 0 spiro atoms. The Morgan fingerprint density at radius 1 is 1.25 bits per heavy atom. The summed E-state index contributed by atoms with van der Waals surface area (Å²) in [7, 11) is 0. The summed E-state index contributed by atoms with van der Waals surface area (Å²) in [6, 6.07) is 5.49. The summed E-state index contributed by atoms with van der Waals surface area (Å²) in [5.74, 6) is 1.41. The quantitative estimate of drug-likeness (QED) is 0.680. The lowest BCUT2D eigenvalue weighted by Crippen LogP contribution is -2.25. The van der Waals surface area contributed by atoms with E-state index in [0.29, 0.717) is 5.69 Å². The Morgan fingerprint density at radius 2 is 2.05 bits per heavy atom. The second-order valence-electron chi connectivity index (χ2n) is 5.48. The van der Waals surface area contributed by atoms with Gasteiger partial charge in [0.15, 0.2) is 0 Å². The summed E-state index contributed by atoms with van der Waals surface area (Å²) in [6.07, 6.45) is 4.43. The smallest absolute Gasteiger partial charge is 0.269 e. The molecule has 0 atom stereocenters. The lowest BCUT2D eigenvalue weighted by molar-refractivity contribution is 0.0948. The first-order valence-corrected chi connectivity index (χ1v) is 7.62. The number of amides is 1. The minimum absolute atomic E-state index is 0.0882. The number of hydrogen-bond acceptors (Lipinski definition) is 3. The predicted octanol–water partition coefficient (Wildman–Crippen LogP) is 3.46. The van der Waals surface area contributed by atoms with E-state index in [1.54, 1.807) is 6.07 Å². The molecule has 0 aliphatic heterocycles. The van der Waals surface area contributed by atoms with Gasteiger partial charge < -0.3 is 10.6 Å². The van der Waals surface area contributed by atoms with Crippen LogP contribution in [0.3, 0.4) is 0 Å². The monoisotopic (exact) mass is 277 g/mol. The Balaban J connectivity index is 2.35. The summed E-state index contributed by atoms with van der Waals surface area (Å²) in [5.41, 5.74) is 0.481. The summed E-state index contributed by atoms with van der Waals surface area (Å²) >= 11 is 0. The van der Waals surface area contributed by atoms with E-state index in [9.17, 15) is 4.79 Å². The lowest BCUT2D eigenvalue weighted by atomic mass is 10.1. The molecule has 0 fully saturated rings. The van der Waals surface area contributed by atoms with E-state index in [1.807, 2.05) is 12.1 Å². The Labute approximate surface area is 122 Å². The fourth-order valence-corrected chi connectivity index (χ4v) is 1.88. The van der Waals surface area contributed by atoms with Crippen molar-refractivity contribution in [3.8, 4) is 0 Å². The van der Waals surface area contributed by atoms with E-state index in [-0.39, 0.29) is 5.91 Å². The molecular weight excluding hydrogens is 250 g/mol. The zero-order chi connectivity index (χ0) is 14.8. The maximum atomic E-state index is 12.0. The number of carbonyl (C=O) groups is 1. The number of hydrogen-bond donors (Lipinski definition) is 2. The van der Waals surface area contributed by atoms with Crippen LogP contribution in [0.5, 0.6) is 0 Å². The van der Waals surface area contributed by atoms with Gasteiger partial charge in [-0.1, -0.05) is 39.7 Å². The Kier molecular flexibility index (Phi) is 7.70. The van der Waals surface area contributed by atoms with Crippen molar-refractivity contribution in [1.82, 2.24) is 10.3 Å². The van der Waals surface area contributed by atoms with Crippen LogP contribution in [-0.2, 0) is 0 Å². The van der Waals surface area contributed by atoms with E-state index in [0.717, 1.165) is 44.1 Å². The Morgan fingerprint density at radius 3 is 2.75 bits per heavy atom. The molecule has 0 unspecified atom stereocenters. The highest BCUT2D eigenvalue weighted by Gasteiger charge is 2.07. The molecule has 4 heteroatoms. The molecule has 112 valence electrons. The van der Waals surface area contributed by atoms with Crippen LogP contribution in [0.2, 0.25) is 0 Å². The second-order valence-corrected chi connectivity index (χ2v) is 5.48. The van der Waals surface area contributed by atoms with Crippen LogP contribution in [0.15, 0.2) is 18.2 Å². The number of pyridine rings is 1. The van der Waals surface area contributed by atoms with Gasteiger partial charge in [0.25, 0.3) is 5.91 Å². The van der Waals surface area contributed by atoms with Crippen LogP contribution < -0.4 is 10.6 Å². The van der Waals surface area contributed by atoms with Crippen LogP contribution in [0.1, 0.15) is 56.9 Å². The van der Waals surface area contributed by atoms with Gasteiger partial charge in [-0.3, -0.25) is 4.79 Å². The van der Waals surface area contributed by atoms with Gasteiger partial charge >= 0.3 is 0 Å². The van der Waals surface area contributed by atoms with Crippen LogP contribution in [0, 0.1) is 5.92 Å². The first-order chi connectivity index (χ1) is 9.63. The molecule has 1 heterocycles. The predicted molar refractivity (Wildman–Crippen MR) is 84.0 cm³/mol. The molecule has 1 amide bonds. The summed E-state index contributed by atoms with van der Waals surface area (Å²) in [4.78, 5) is 16.3. The average molecular weight is 277 g/mol. The van der Waals surface area contributed by atoms with Crippen molar-refractivity contribution in [1.29, 1.82) is 0 Å². The SMILES string of the molecule is CCCNc1cccc(C(=O)NCCCCC(C)C)n1. The lowest BCUT2D eigenvalue weighted by Gasteiger charge is -2.08. The van der Waals surface area contributed by atoms with E-state index in [2.05, 4.69) is 36.4 Å². The summed E-state index contributed by atoms with van der Waals surface area (Å²) in [6.45, 7) is 8.13. The van der Waals surface area contributed by atoms with Gasteiger partial charge in [0.2, 0.25) is 0 Å². The average Bonchev–Trinajstić information content (AvgIpc) is 2.44. The number of carbonyl (C=O) groups excluding carboxylic acids is 1. The molecule has 1 aromatic heterocycles. The molecule has 4 nitrogen and oxygen atoms in total.